The quantitative estimate of drug-likeness (QED) is 0.726. The number of carbonyl (C=O) groups excluding carboxylic acids is 2. The zero-order valence-electron chi connectivity index (χ0n) is 12.4. The number of β-amino-alcohol motifs (C(OH)–C–C–N with tert-alkyl or cyclic N) is 1. The highest BCUT2D eigenvalue weighted by Gasteiger charge is 2.63. The van der Waals surface area contributed by atoms with Crippen LogP contribution in [0.5, 0.6) is 0 Å². The summed E-state index contributed by atoms with van der Waals surface area (Å²) in [6.07, 6.45) is 3.22. The third kappa shape index (κ3) is 1.79. The number of amides is 2. The number of piperazine rings is 1. The van der Waals surface area contributed by atoms with Crippen molar-refractivity contribution in [3.8, 4) is 0 Å². The Morgan fingerprint density at radius 3 is 2.86 bits per heavy atom. The molecule has 0 bridgehead atoms. The Kier molecular flexibility index (Phi) is 2.94. The summed E-state index contributed by atoms with van der Waals surface area (Å²) in [4.78, 5) is 30.3. The number of aliphatic hydroxyl groups is 1. The van der Waals surface area contributed by atoms with Crippen LogP contribution < -0.4 is 0 Å². The highest BCUT2D eigenvalue weighted by molar-refractivity contribution is 6.05. The van der Waals surface area contributed by atoms with Gasteiger partial charge < -0.3 is 9.52 Å². The number of hydrogen-bond acceptors (Lipinski definition) is 6. The fourth-order valence-corrected chi connectivity index (χ4v) is 4.04. The predicted octanol–water partition coefficient (Wildman–Crippen LogP) is -0.732. The number of carbonyl (C=O) groups is 2. The van der Waals surface area contributed by atoms with Crippen molar-refractivity contribution in [1.82, 2.24) is 14.7 Å². The summed E-state index contributed by atoms with van der Waals surface area (Å²) in [6, 6.07) is 1.54. The first-order valence-electron chi connectivity index (χ1n) is 7.51. The van der Waals surface area contributed by atoms with E-state index in [0.29, 0.717) is 26.1 Å². The van der Waals surface area contributed by atoms with E-state index in [1.807, 2.05) is 11.0 Å². The van der Waals surface area contributed by atoms with Gasteiger partial charge in [-0.25, -0.2) is 0 Å². The second-order valence-electron chi connectivity index (χ2n) is 6.57. The van der Waals surface area contributed by atoms with Crippen LogP contribution >= 0.6 is 0 Å². The molecule has 1 aromatic rings. The van der Waals surface area contributed by atoms with E-state index < -0.39 is 11.6 Å². The van der Waals surface area contributed by atoms with Crippen molar-refractivity contribution in [2.24, 2.45) is 0 Å². The molecule has 3 fully saturated rings. The lowest BCUT2D eigenvalue weighted by atomic mass is 9.82. The number of fused-ring (bicyclic) bond motifs is 2. The molecule has 2 atom stereocenters. The monoisotopic (exact) mass is 305 g/mol. The SMILES string of the molecule is CN1C(=O)C2CC(O)CN2C2(CN(Cc3ccoc3)C2)C1=O. The molecule has 1 spiro atoms. The Balaban J connectivity index is 1.55. The zero-order chi connectivity index (χ0) is 15.5. The summed E-state index contributed by atoms with van der Waals surface area (Å²) in [5.74, 6) is -0.341. The lowest BCUT2D eigenvalue weighted by Crippen LogP contribution is -2.80. The maximum absolute atomic E-state index is 12.7. The molecule has 0 saturated carbocycles. The average molecular weight is 305 g/mol. The highest BCUT2D eigenvalue weighted by Crippen LogP contribution is 2.40. The van der Waals surface area contributed by atoms with Crippen molar-refractivity contribution in [3.05, 3.63) is 24.2 Å². The molecular formula is C15H19N3O4. The second kappa shape index (κ2) is 4.65. The van der Waals surface area contributed by atoms with Crippen molar-refractivity contribution >= 4 is 11.8 Å². The summed E-state index contributed by atoms with van der Waals surface area (Å²) in [7, 11) is 1.55. The van der Waals surface area contributed by atoms with Gasteiger partial charge in [0, 0.05) is 38.8 Å². The molecule has 2 amide bonds. The van der Waals surface area contributed by atoms with Gasteiger partial charge in [0.15, 0.2) is 0 Å². The minimum Gasteiger partial charge on any atom is -0.472 e. The Hall–Kier alpha value is -1.70. The summed E-state index contributed by atoms with van der Waals surface area (Å²) in [6.45, 7) is 2.29. The fourth-order valence-electron chi connectivity index (χ4n) is 4.04. The highest BCUT2D eigenvalue weighted by atomic mass is 16.3. The Bertz CT molecular complexity index is 608. The minimum absolute atomic E-state index is 0.147. The van der Waals surface area contributed by atoms with E-state index in [2.05, 4.69) is 4.90 Å². The van der Waals surface area contributed by atoms with E-state index in [-0.39, 0.29) is 17.9 Å². The zero-order valence-corrected chi connectivity index (χ0v) is 12.4. The van der Waals surface area contributed by atoms with Gasteiger partial charge in [-0.15, -0.1) is 0 Å². The lowest BCUT2D eigenvalue weighted by molar-refractivity contribution is -0.178. The number of nitrogens with zero attached hydrogens (tertiary/aromatic N) is 3. The second-order valence-corrected chi connectivity index (χ2v) is 6.57. The number of likely N-dealkylation sites (tertiary alicyclic amines) is 1. The van der Waals surface area contributed by atoms with Crippen LogP contribution in [0.1, 0.15) is 12.0 Å². The first-order chi connectivity index (χ1) is 10.5. The average Bonchev–Trinajstić information content (AvgIpc) is 3.08. The van der Waals surface area contributed by atoms with Crippen LogP contribution in [0, 0.1) is 0 Å². The van der Waals surface area contributed by atoms with Crippen LogP contribution in [0.3, 0.4) is 0 Å². The first-order valence-corrected chi connectivity index (χ1v) is 7.51. The molecule has 3 saturated heterocycles. The fraction of sp³-hybridized carbons (Fsp3) is 0.600. The van der Waals surface area contributed by atoms with Crippen LogP contribution in [-0.4, -0.2) is 76.0 Å². The van der Waals surface area contributed by atoms with Gasteiger partial charge in [-0.2, -0.15) is 0 Å². The van der Waals surface area contributed by atoms with Crippen LogP contribution in [0.2, 0.25) is 0 Å². The van der Waals surface area contributed by atoms with E-state index in [0.717, 1.165) is 12.1 Å². The summed E-state index contributed by atoms with van der Waals surface area (Å²) < 4.78 is 5.07. The van der Waals surface area contributed by atoms with Crippen molar-refractivity contribution in [2.45, 2.75) is 30.7 Å². The van der Waals surface area contributed by atoms with E-state index in [4.69, 9.17) is 4.42 Å². The number of hydrogen-bond donors (Lipinski definition) is 1. The van der Waals surface area contributed by atoms with Crippen LogP contribution in [0.25, 0.3) is 0 Å². The number of furan rings is 1. The van der Waals surface area contributed by atoms with Crippen LogP contribution in [-0.2, 0) is 16.1 Å². The Morgan fingerprint density at radius 1 is 1.41 bits per heavy atom. The molecule has 4 heterocycles. The molecule has 4 rings (SSSR count). The van der Waals surface area contributed by atoms with Crippen molar-refractivity contribution in [1.29, 1.82) is 0 Å². The van der Waals surface area contributed by atoms with Gasteiger partial charge in [-0.3, -0.25) is 24.3 Å². The topological polar surface area (TPSA) is 77.2 Å². The molecule has 0 radical (unpaired) electrons. The van der Waals surface area contributed by atoms with Gasteiger partial charge in [0.1, 0.15) is 5.54 Å². The molecular weight excluding hydrogens is 286 g/mol. The van der Waals surface area contributed by atoms with E-state index in [1.54, 1.807) is 19.6 Å². The smallest absolute Gasteiger partial charge is 0.252 e. The van der Waals surface area contributed by atoms with Gasteiger partial charge in [-0.05, 0) is 12.5 Å². The van der Waals surface area contributed by atoms with Gasteiger partial charge in [0.05, 0.1) is 24.7 Å². The Morgan fingerprint density at radius 2 is 2.18 bits per heavy atom. The maximum atomic E-state index is 12.7. The molecule has 22 heavy (non-hydrogen) atoms. The van der Waals surface area contributed by atoms with Gasteiger partial charge in [0.2, 0.25) is 5.91 Å². The number of likely N-dealkylation sites (N-methyl/N-ethyl adjacent to an activating group) is 1. The molecule has 1 N–H and O–H groups in total. The Labute approximate surface area is 128 Å². The standard InChI is InChI=1S/C15H19N3O4/c1-16-13(20)12-4-11(19)6-18(12)15(14(16)21)8-17(9-15)5-10-2-3-22-7-10/h2-3,7,11-12,19H,4-6,8-9H2,1H3. The lowest BCUT2D eigenvalue weighted by Gasteiger charge is -2.58. The van der Waals surface area contributed by atoms with E-state index >= 15 is 0 Å². The minimum atomic E-state index is -0.658. The van der Waals surface area contributed by atoms with Gasteiger partial charge in [0.25, 0.3) is 5.91 Å². The van der Waals surface area contributed by atoms with E-state index in [1.165, 1.54) is 4.90 Å². The number of aliphatic hydroxyl groups excluding tert-OH is 1. The normalized spacial score (nSPS) is 31.6. The van der Waals surface area contributed by atoms with E-state index in [9.17, 15) is 14.7 Å². The van der Waals surface area contributed by atoms with Crippen molar-refractivity contribution < 1.29 is 19.1 Å². The largest absolute Gasteiger partial charge is 0.472 e. The van der Waals surface area contributed by atoms with Gasteiger partial charge >= 0.3 is 0 Å². The molecule has 118 valence electrons. The number of imide groups is 1. The summed E-state index contributed by atoms with van der Waals surface area (Å²) in [5.41, 5.74) is 0.412. The first kappa shape index (κ1) is 13.9. The molecule has 0 aliphatic carbocycles. The van der Waals surface area contributed by atoms with Crippen LogP contribution in [0.15, 0.2) is 23.0 Å². The third-order valence-corrected chi connectivity index (χ3v) is 5.10. The third-order valence-electron chi connectivity index (χ3n) is 5.10. The van der Waals surface area contributed by atoms with Crippen molar-refractivity contribution in [3.63, 3.8) is 0 Å². The maximum Gasteiger partial charge on any atom is 0.252 e. The predicted molar refractivity (Wildman–Crippen MR) is 75.6 cm³/mol. The molecule has 3 aliphatic rings. The summed E-state index contributed by atoms with van der Waals surface area (Å²) >= 11 is 0. The number of rotatable bonds is 2. The molecule has 3 aliphatic heterocycles. The summed E-state index contributed by atoms with van der Waals surface area (Å²) in [5, 5.41) is 9.93. The molecule has 2 unspecified atom stereocenters. The molecule has 7 heteroatoms. The van der Waals surface area contributed by atoms with Crippen LogP contribution in [0.4, 0.5) is 0 Å². The molecule has 0 aromatic carbocycles. The molecule has 1 aromatic heterocycles. The van der Waals surface area contributed by atoms with Crippen molar-refractivity contribution in [2.75, 3.05) is 26.7 Å². The van der Waals surface area contributed by atoms with Gasteiger partial charge in [-0.1, -0.05) is 0 Å². The molecule has 7 nitrogen and oxygen atoms in total.